The van der Waals surface area contributed by atoms with Crippen LogP contribution in [0.15, 0.2) is 0 Å². The highest BCUT2D eigenvalue weighted by molar-refractivity contribution is 4.58. The van der Waals surface area contributed by atoms with Gasteiger partial charge in [-0.15, -0.1) is 0 Å². The van der Waals surface area contributed by atoms with Gasteiger partial charge in [-0.05, 0) is 58.7 Å². The highest BCUT2D eigenvalue weighted by atomic mass is 15.3. The molecule has 18 heavy (non-hydrogen) atoms. The van der Waals surface area contributed by atoms with Crippen LogP contribution in [0.1, 0.15) is 58.3 Å². The average molecular weight is 255 g/mol. The van der Waals surface area contributed by atoms with Crippen molar-refractivity contribution in [3.63, 3.8) is 0 Å². The highest BCUT2D eigenvalue weighted by Crippen LogP contribution is 2.16. The molecular weight excluding hydrogens is 220 g/mol. The summed E-state index contributed by atoms with van der Waals surface area (Å²) in [6.45, 7) is 9.20. The minimum Gasteiger partial charge on any atom is -0.326 e. The monoisotopic (exact) mass is 255 g/mol. The molecule has 2 nitrogen and oxygen atoms in total. The maximum atomic E-state index is 2.43. The van der Waals surface area contributed by atoms with Gasteiger partial charge in [-0.25, -0.2) is 0 Å². The SMILES string of the molecule is CCCC[N+]1(C)CCCCC1.CN1CCCCC1. The van der Waals surface area contributed by atoms with Gasteiger partial charge in [0, 0.05) is 0 Å². The molecule has 2 fully saturated rings. The summed E-state index contributed by atoms with van der Waals surface area (Å²) < 4.78 is 1.36. The molecule has 108 valence electrons. The normalized spacial score (nSPS) is 24.2. The summed E-state index contributed by atoms with van der Waals surface area (Å²) in [6.07, 6.45) is 11.4. The Balaban J connectivity index is 0.000000199. The first-order chi connectivity index (χ1) is 8.66. The molecule has 0 unspecified atom stereocenters. The molecule has 0 bridgehead atoms. The molecule has 2 aliphatic heterocycles. The van der Waals surface area contributed by atoms with E-state index >= 15 is 0 Å². The maximum Gasteiger partial charge on any atom is 0.0784 e. The summed E-state index contributed by atoms with van der Waals surface area (Å²) in [4.78, 5) is 2.39. The lowest BCUT2D eigenvalue weighted by Gasteiger charge is -2.37. The molecule has 2 aliphatic rings. The smallest absolute Gasteiger partial charge is 0.0784 e. The van der Waals surface area contributed by atoms with E-state index in [0.29, 0.717) is 0 Å². The first-order valence-electron chi connectivity index (χ1n) is 8.18. The quantitative estimate of drug-likeness (QED) is 0.698. The van der Waals surface area contributed by atoms with Crippen LogP contribution in [0.3, 0.4) is 0 Å². The third-order valence-electron chi connectivity index (χ3n) is 4.53. The van der Waals surface area contributed by atoms with Crippen LogP contribution in [-0.2, 0) is 0 Å². The fourth-order valence-corrected chi connectivity index (χ4v) is 3.09. The third-order valence-corrected chi connectivity index (χ3v) is 4.53. The minimum absolute atomic E-state index is 1.32. The Morgan fingerprint density at radius 2 is 1.44 bits per heavy atom. The van der Waals surface area contributed by atoms with Crippen LogP contribution in [0.5, 0.6) is 0 Å². The van der Waals surface area contributed by atoms with E-state index in [1.165, 1.54) is 88.6 Å². The summed E-state index contributed by atoms with van der Waals surface area (Å²) in [5.74, 6) is 0. The van der Waals surface area contributed by atoms with E-state index < -0.39 is 0 Å². The summed E-state index contributed by atoms with van der Waals surface area (Å²) in [5, 5.41) is 0. The predicted octanol–water partition coefficient (Wildman–Crippen LogP) is 3.52. The van der Waals surface area contributed by atoms with Gasteiger partial charge in [0.25, 0.3) is 0 Å². The van der Waals surface area contributed by atoms with Gasteiger partial charge in [0.1, 0.15) is 0 Å². The zero-order chi connectivity index (χ0) is 13.3. The second kappa shape index (κ2) is 8.92. The number of nitrogens with zero attached hydrogens (tertiary/aromatic N) is 2. The van der Waals surface area contributed by atoms with Crippen LogP contribution in [0, 0.1) is 0 Å². The van der Waals surface area contributed by atoms with Crippen LogP contribution < -0.4 is 0 Å². The van der Waals surface area contributed by atoms with Crippen LogP contribution >= 0.6 is 0 Å². The molecule has 0 aromatic carbocycles. The molecule has 0 aromatic rings. The summed E-state index contributed by atoms with van der Waals surface area (Å²) in [5.41, 5.74) is 0. The molecule has 0 saturated carbocycles. The zero-order valence-electron chi connectivity index (χ0n) is 13.1. The Labute approximate surface area is 115 Å². The Morgan fingerprint density at radius 1 is 0.889 bits per heavy atom. The average Bonchev–Trinajstić information content (AvgIpc) is 2.39. The molecule has 2 heteroatoms. The fraction of sp³-hybridized carbons (Fsp3) is 1.00. The first-order valence-corrected chi connectivity index (χ1v) is 8.18. The van der Waals surface area contributed by atoms with Crippen molar-refractivity contribution in [3.8, 4) is 0 Å². The Kier molecular flexibility index (Phi) is 7.92. The minimum atomic E-state index is 1.32. The van der Waals surface area contributed by atoms with E-state index in [9.17, 15) is 0 Å². The van der Waals surface area contributed by atoms with Crippen LogP contribution in [-0.4, -0.2) is 56.2 Å². The van der Waals surface area contributed by atoms with Crippen LogP contribution in [0.2, 0.25) is 0 Å². The predicted molar refractivity (Wildman–Crippen MR) is 80.9 cm³/mol. The van der Waals surface area contributed by atoms with Crippen LogP contribution in [0.4, 0.5) is 0 Å². The molecule has 2 rings (SSSR count). The largest absolute Gasteiger partial charge is 0.326 e. The van der Waals surface area contributed by atoms with Crippen molar-refractivity contribution in [3.05, 3.63) is 0 Å². The molecule has 0 aliphatic carbocycles. The van der Waals surface area contributed by atoms with Crippen molar-refractivity contribution >= 4 is 0 Å². The molecule has 0 radical (unpaired) electrons. The van der Waals surface area contributed by atoms with Crippen molar-refractivity contribution < 1.29 is 4.48 Å². The molecular formula is C16H35N2+. The summed E-state index contributed by atoms with van der Waals surface area (Å²) in [7, 11) is 4.62. The van der Waals surface area contributed by atoms with E-state index in [4.69, 9.17) is 0 Å². The van der Waals surface area contributed by atoms with Gasteiger partial charge in [0.15, 0.2) is 0 Å². The number of hydrogen-bond acceptors (Lipinski definition) is 1. The number of rotatable bonds is 3. The topological polar surface area (TPSA) is 3.24 Å². The number of hydrogen-bond donors (Lipinski definition) is 0. The molecule has 0 N–H and O–H groups in total. The third kappa shape index (κ3) is 6.75. The van der Waals surface area contributed by atoms with Gasteiger partial charge in [0.2, 0.25) is 0 Å². The lowest BCUT2D eigenvalue weighted by Crippen LogP contribution is -2.48. The number of likely N-dealkylation sites (tertiary alicyclic amines) is 2. The molecule has 2 saturated heterocycles. The second-order valence-electron chi connectivity index (χ2n) is 6.57. The summed E-state index contributed by atoms with van der Waals surface area (Å²) in [6, 6.07) is 0. The molecule has 0 aromatic heterocycles. The Bertz CT molecular complexity index is 191. The lowest BCUT2D eigenvalue weighted by molar-refractivity contribution is -0.914. The lowest BCUT2D eigenvalue weighted by atomic mass is 10.1. The van der Waals surface area contributed by atoms with Crippen molar-refractivity contribution in [2.75, 3.05) is 46.8 Å². The van der Waals surface area contributed by atoms with Gasteiger partial charge in [-0.1, -0.05) is 19.8 Å². The van der Waals surface area contributed by atoms with Gasteiger partial charge in [-0.3, -0.25) is 0 Å². The molecule has 0 spiro atoms. The van der Waals surface area contributed by atoms with Crippen LogP contribution in [0.25, 0.3) is 0 Å². The molecule has 0 atom stereocenters. The highest BCUT2D eigenvalue weighted by Gasteiger charge is 2.23. The second-order valence-corrected chi connectivity index (χ2v) is 6.57. The summed E-state index contributed by atoms with van der Waals surface area (Å²) >= 11 is 0. The van der Waals surface area contributed by atoms with Crippen molar-refractivity contribution in [2.24, 2.45) is 0 Å². The zero-order valence-corrected chi connectivity index (χ0v) is 13.1. The molecule has 2 heterocycles. The number of piperidine rings is 2. The maximum absolute atomic E-state index is 2.43. The van der Waals surface area contributed by atoms with E-state index in [1.54, 1.807) is 0 Å². The standard InChI is InChI=1S/C10H22N.C6H13N/c1-3-4-8-11(2)9-6-5-7-10-11;1-7-5-3-2-4-6-7/h3-10H2,1-2H3;2-6H2,1H3/q+1;. The first kappa shape index (κ1) is 16.0. The van der Waals surface area contributed by atoms with E-state index in [1.807, 2.05) is 0 Å². The van der Waals surface area contributed by atoms with Gasteiger partial charge in [-0.2, -0.15) is 0 Å². The van der Waals surface area contributed by atoms with E-state index in [2.05, 4.69) is 25.9 Å². The van der Waals surface area contributed by atoms with Crippen molar-refractivity contribution in [2.45, 2.75) is 58.3 Å². The Hall–Kier alpha value is -0.0800. The van der Waals surface area contributed by atoms with Gasteiger partial charge >= 0.3 is 0 Å². The number of quaternary nitrogens is 1. The number of unbranched alkanes of at least 4 members (excludes halogenated alkanes) is 1. The van der Waals surface area contributed by atoms with Gasteiger partial charge < -0.3 is 9.38 Å². The van der Waals surface area contributed by atoms with E-state index in [-0.39, 0.29) is 0 Å². The van der Waals surface area contributed by atoms with Gasteiger partial charge in [0.05, 0.1) is 26.7 Å². The fourth-order valence-electron chi connectivity index (χ4n) is 3.09. The van der Waals surface area contributed by atoms with Crippen molar-refractivity contribution in [1.29, 1.82) is 0 Å². The molecule has 0 amide bonds. The van der Waals surface area contributed by atoms with E-state index in [0.717, 1.165) is 0 Å². The Morgan fingerprint density at radius 3 is 1.89 bits per heavy atom. The van der Waals surface area contributed by atoms with Crippen molar-refractivity contribution in [1.82, 2.24) is 4.90 Å².